The van der Waals surface area contributed by atoms with Gasteiger partial charge in [-0.25, -0.2) is 9.97 Å². The monoisotopic (exact) mass is 274 g/mol. The zero-order valence-corrected chi connectivity index (χ0v) is 12.0. The lowest BCUT2D eigenvalue weighted by Crippen LogP contribution is -2.22. The van der Waals surface area contributed by atoms with Crippen molar-refractivity contribution in [1.82, 2.24) is 19.7 Å². The van der Waals surface area contributed by atoms with E-state index in [2.05, 4.69) is 20.4 Å². The normalized spacial score (nSPS) is 11.4. The van der Waals surface area contributed by atoms with Gasteiger partial charge in [-0.3, -0.25) is 9.48 Å². The molecular weight excluding hydrogens is 256 g/mol. The molecule has 0 aliphatic carbocycles. The third kappa shape index (κ3) is 2.93. The maximum Gasteiger partial charge on any atom is 0.269 e. The molecule has 7 nitrogen and oxygen atoms in total. The summed E-state index contributed by atoms with van der Waals surface area (Å²) >= 11 is 0. The molecule has 0 aliphatic rings. The summed E-state index contributed by atoms with van der Waals surface area (Å²) in [6, 6.07) is 0. The number of primary amides is 1. The second-order valence-electron chi connectivity index (χ2n) is 5.60. The number of rotatable bonds is 3. The third-order valence-corrected chi connectivity index (χ3v) is 2.68. The topological polar surface area (TPSA) is 98.7 Å². The van der Waals surface area contributed by atoms with Crippen LogP contribution in [0.4, 0.5) is 11.4 Å². The Morgan fingerprint density at radius 3 is 2.55 bits per heavy atom. The van der Waals surface area contributed by atoms with Gasteiger partial charge >= 0.3 is 0 Å². The number of aryl methyl sites for hydroxylation is 1. The second-order valence-corrected chi connectivity index (χ2v) is 5.60. The van der Waals surface area contributed by atoms with Crippen molar-refractivity contribution >= 4 is 17.3 Å². The lowest BCUT2D eigenvalue weighted by molar-refractivity contribution is 0.0996. The molecule has 20 heavy (non-hydrogen) atoms. The highest BCUT2D eigenvalue weighted by atomic mass is 16.1. The van der Waals surface area contributed by atoms with E-state index in [1.54, 1.807) is 30.3 Å². The SMILES string of the molecule is Cn1cc(Nc2cnc(C(C)(C)C)nc2C(N)=O)cn1. The quantitative estimate of drug-likeness (QED) is 0.880. The van der Waals surface area contributed by atoms with E-state index in [0.717, 1.165) is 5.69 Å². The Morgan fingerprint density at radius 2 is 2.05 bits per heavy atom. The zero-order chi connectivity index (χ0) is 14.9. The summed E-state index contributed by atoms with van der Waals surface area (Å²) in [7, 11) is 1.80. The van der Waals surface area contributed by atoms with Crippen LogP contribution >= 0.6 is 0 Å². The molecule has 106 valence electrons. The van der Waals surface area contributed by atoms with Crippen molar-refractivity contribution in [2.75, 3.05) is 5.32 Å². The highest BCUT2D eigenvalue weighted by molar-refractivity contribution is 5.97. The number of hydrogen-bond donors (Lipinski definition) is 2. The van der Waals surface area contributed by atoms with Crippen LogP contribution in [-0.4, -0.2) is 25.7 Å². The van der Waals surface area contributed by atoms with E-state index in [4.69, 9.17) is 5.73 Å². The van der Waals surface area contributed by atoms with Crippen molar-refractivity contribution in [1.29, 1.82) is 0 Å². The van der Waals surface area contributed by atoms with Crippen LogP contribution in [0.15, 0.2) is 18.6 Å². The molecule has 0 spiro atoms. The minimum absolute atomic E-state index is 0.175. The van der Waals surface area contributed by atoms with Crippen molar-refractivity contribution in [2.45, 2.75) is 26.2 Å². The molecular formula is C13H18N6O. The molecule has 2 aromatic heterocycles. The molecule has 0 bridgehead atoms. The summed E-state index contributed by atoms with van der Waals surface area (Å²) in [5.74, 6) is -0.0210. The van der Waals surface area contributed by atoms with Crippen LogP contribution in [0.3, 0.4) is 0 Å². The molecule has 3 N–H and O–H groups in total. The number of anilines is 2. The Bertz CT molecular complexity index is 641. The van der Waals surface area contributed by atoms with Gasteiger partial charge < -0.3 is 11.1 Å². The van der Waals surface area contributed by atoms with Crippen molar-refractivity contribution in [3.63, 3.8) is 0 Å². The summed E-state index contributed by atoms with van der Waals surface area (Å²) in [6.45, 7) is 5.92. The number of aromatic nitrogens is 4. The predicted molar refractivity (Wildman–Crippen MR) is 75.7 cm³/mol. The predicted octanol–water partition coefficient (Wildman–Crippen LogP) is 1.35. The molecule has 2 aromatic rings. The molecule has 0 aromatic carbocycles. The van der Waals surface area contributed by atoms with Gasteiger partial charge in [-0.05, 0) is 0 Å². The van der Waals surface area contributed by atoms with Crippen LogP contribution < -0.4 is 11.1 Å². The Kier molecular flexibility index (Phi) is 3.44. The van der Waals surface area contributed by atoms with Gasteiger partial charge in [-0.1, -0.05) is 20.8 Å². The zero-order valence-electron chi connectivity index (χ0n) is 12.0. The number of carbonyl (C=O) groups is 1. The van der Waals surface area contributed by atoms with Crippen LogP contribution in [-0.2, 0) is 12.5 Å². The molecule has 7 heteroatoms. The molecule has 0 radical (unpaired) electrons. The summed E-state index contributed by atoms with van der Waals surface area (Å²) in [5.41, 5.74) is 6.53. The van der Waals surface area contributed by atoms with E-state index in [-0.39, 0.29) is 11.1 Å². The fourth-order valence-corrected chi connectivity index (χ4v) is 1.66. The Balaban J connectivity index is 2.40. The van der Waals surface area contributed by atoms with Gasteiger partial charge in [0.25, 0.3) is 5.91 Å². The summed E-state index contributed by atoms with van der Waals surface area (Å²) in [6.07, 6.45) is 4.99. The van der Waals surface area contributed by atoms with E-state index in [0.29, 0.717) is 11.5 Å². The van der Waals surface area contributed by atoms with E-state index in [1.807, 2.05) is 20.8 Å². The molecule has 1 amide bonds. The largest absolute Gasteiger partial charge is 0.364 e. The first-order valence-corrected chi connectivity index (χ1v) is 6.20. The van der Waals surface area contributed by atoms with Gasteiger partial charge in [-0.2, -0.15) is 5.10 Å². The number of carbonyl (C=O) groups excluding carboxylic acids is 1. The van der Waals surface area contributed by atoms with Crippen LogP contribution in [0, 0.1) is 0 Å². The van der Waals surface area contributed by atoms with Gasteiger partial charge in [0.2, 0.25) is 0 Å². The molecule has 0 saturated carbocycles. The lowest BCUT2D eigenvalue weighted by Gasteiger charge is -2.18. The van der Waals surface area contributed by atoms with Crippen molar-refractivity contribution in [3.8, 4) is 0 Å². The Morgan fingerprint density at radius 1 is 1.35 bits per heavy atom. The minimum Gasteiger partial charge on any atom is -0.364 e. The van der Waals surface area contributed by atoms with Crippen LogP contribution in [0.1, 0.15) is 37.1 Å². The standard InChI is InChI=1S/C13H18N6O/c1-13(2,3)12-15-6-9(10(18-12)11(14)20)17-8-5-16-19(4)7-8/h5-7,17H,1-4H3,(H2,14,20). The molecule has 0 unspecified atom stereocenters. The first-order valence-electron chi connectivity index (χ1n) is 6.20. The maximum absolute atomic E-state index is 11.6. The number of nitrogens with one attached hydrogen (secondary N) is 1. The molecule has 0 fully saturated rings. The van der Waals surface area contributed by atoms with Gasteiger partial charge in [-0.15, -0.1) is 0 Å². The van der Waals surface area contributed by atoms with Crippen molar-refractivity contribution in [2.24, 2.45) is 12.8 Å². The number of nitrogens with two attached hydrogens (primary N) is 1. The van der Waals surface area contributed by atoms with E-state index < -0.39 is 5.91 Å². The Hall–Kier alpha value is -2.44. The van der Waals surface area contributed by atoms with Crippen molar-refractivity contribution < 1.29 is 4.79 Å². The maximum atomic E-state index is 11.6. The smallest absolute Gasteiger partial charge is 0.269 e. The van der Waals surface area contributed by atoms with Gasteiger partial charge in [0.05, 0.1) is 23.8 Å². The molecule has 0 saturated heterocycles. The van der Waals surface area contributed by atoms with E-state index in [9.17, 15) is 4.79 Å². The first kappa shape index (κ1) is 14.0. The highest BCUT2D eigenvalue weighted by Crippen LogP contribution is 2.23. The second kappa shape index (κ2) is 4.92. The first-order chi connectivity index (χ1) is 9.27. The third-order valence-electron chi connectivity index (χ3n) is 2.68. The highest BCUT2D eigenvalue weighted by Gasteiger charge is 2.21. The van der Waals surface area contributed by atoms with Crippen LogP contribution in [0.2, 0.25) is 0 Å². The van der Waals surface area contributed by atoms with Gasteiger partial charge in [0.15, 0.2) is 5.69 Å². The lowest BCUT2D eigenvalue weighted by atomic mass is 9.95. The summed E-state index contributed by atoms with van der Waals surface area (Å²) < 4.78 is 1.65. The van der Waals surface area contributed by atoms with E-state index in [1.165, 1.54) is 0 Å². The minimum atomic E-state index is -0.593. The van der Waals surface area contributed by atoms with Crippen LogP contribution in [0.5, 0.6) is 0 Å². The fraction of sp³-hybridized carbons (Fsp3) is 0.385. The van der Waals surface area contributed by atoms with Crippen LogP contribution in [0.25, 0.3) is 0 Å². The summed E-state index contributed by atoms with van der Waals surface area (Å²) in [5, 5.41) is 7.09. The van der Waals surface area contributed by atoms with Gasteiger partial charge in [0.1, 0.15) is 5.82 Å². The number of hydrogen-bond acceptors (Lipinski definition) is 5. The number of nitrogens with zero attached hydrogens (tertiary/aromatic N) is 4. The summed E-state index contributed by atoms with van der Waals surface area (Å²) in [4.78, 5) is 20.1. The molecule has 2 rings (SSSR count). The van der Waals surface area contributed by atoms with E-state index >= 15 is 0 Å². The number of amides is 1. The molecule has 2 heterocycles. The fourth-order valence-electron chi connectivity index (χ4n) is 1.66. The Labute approximate surface area is 117 Å². The molecule has 0 atom stereocenters. The van der Waals surface area contributed by atoms with Gasteiger partial charge in [0, 0.05) is 18.7 Å². The average Bonchev–Trinajstić information content (AvgIpc) is 2.73. The molecule has 0 aliphatic heterocycles. The van der Waals surface area contributed by atoms with Crippen molar-refractivity contribution in [3.05, 3.63) is 30.1 Å². The average molecular weight is 274 g/mol.